The molecular weight excluding hydrogens is 143 g/mol. The van der Waals surface area contributed by atoms with Crippen LogP contribution in [0.1, 0.15) is 13.8 Å². The summed E-state index contributed by atoms with van der Waals surface area (Å²) >= 11 is 2.04. The van der Waals surface area contributed by atoms with Crippen molar-refractivity contribution < 1.29 is 4.74 Å². The Morgan fingerprint density at radius 2 is 2.00 bits per heavy atom. The Kier molecular flexibility index (Phi) is 2.70. The quantitative estimate of drug-likeness (QED) is 0.520. The van der Waals surface area contributed by atoms with Gasteiger partial charge in [0.25, 0.3) is 0 Å². The van der Waals surface area contributed by atoms with Crippen molar-refractivity contribution in [2.45, 2.75) is 30.4 Å². The molecule has 0 aliphatic carbocycles. The number of rotatable bonds is 1. The highest BCUT2D eigenvalue weighted by atomic mass is 32.2. The average Bonchev–Trinajstić information content (AvgIpc) is 2.09. The van der Waals surface area contributed by atoms with Gasteiger partial charge in [0.15, 0.2) is 0 Å². The van der Waals surface area contributed by atoms with Gasteiger partial charge in [-0.25, -0.2) is 0 Å². The van der Waals surface area contributed by atoms with Crippen LogP contribution in [-0.4, -0.2) is 31.5 Å². The van der Waals surface area contributed by atoms with E-state index >= 15 is 0 Å². The highest BCUT2D eigenvalue weighted by molar-refractivity contribution is 8.01. The van der Waals surface area contributed by atoms with Gasteiger partial charge in [-0.2, -0.15) is 11.8 Å². The second-order valence-electron chi connectivity index (χ2n) is 3.11. The zero-order valence-corrected chi connectivity index (χ0v) is 7.94. The van der Waals surface area contributed by atoms with Gasteiger partial charge in [-0.05, 0) is 5.92 Å². The number of hydrogen-bond acceptors (Lipinski definition) is 2. The summed E-state index contributed by atoms with van der Waals surface area (Å²) in [6.45, 7) is 4.56. The van der Waals surface area contributed by atoms with Crippen LogP contribution >= 0.6 is 11.8 Å². The standard InChI is InChI=1S/C7H15BOS/c1-4-5(2)10-7(8)6(4)9-3/h4-7H,8H2,1-3H3. The molecular formula is C7H15BOS. The molecule has 1 saturated heterocycles. The fourth-order valence-electron chi connectivity index (χ4n) is 1.64. The molecule has 0 spiro atoms. The molecule has 1 rings (SSSR count). The Labute approximate surface area is 68.3 Å². The van der Waals surface area contributed by atoms with Gasteiger partial charge in [0.1, 0.15) is 7.85 Å². The monoisotopic (exact) mass is 158 g/mol. The lowest BCUT2D eigenvalue weighted by Gasteiger charge is -2.17. The molecule has 3 heteroatoms. The number of hydrogen-bond donors (Lipinski definition) is 0. The highest BCUT2D eigenvalue weighted by Crippen LogP contribution is 2.37. The summed E-state index contributed by atoms with van der Waals surface area (Å²) in [5, 5.41) is 1.44. The van der Waals surface area contributed by atoms with Crippen molar-refractivity contribution in [3.05, 3.63) is 0 Å². The first kappa shape index (κ1) is 8.47. The molecule has 0 saturated carbocycles. The van der Waals surface area contributed by atoms with E-state index in [1.165, 1.54) is 0 Å². The zero-order chi connectivity index (χ0) is 7.72. The number of ether oxygens (including phenoxy) is 1. The van der Waals surface area contributed by atoms with Crippen LogP contribution in [0.3, 0.4) is 0 Å². The van der Waals surface area contributed by atoms with E-state index in [0.29, 0.717) is 17.2 Å². The molecule has 0 amide bonds. The van der Waals surface area contributed by atoms with Crippen LogP contribution in [-0.2, 0) is 4.74 Å². The van der Waals surface area contributed by atoms with E-state index in [4.69, 9.17) is 4.74 Å². The molecule has 0 aromatic carbocycles. The van der Waals surface area contributed by atoms with E-state index in [9.17, 15) is 0 Å². The molecule has 1 fully saturated rings. The molecule has 0 aromatic heterocycles. The van der Waals surface area contributed by atoms with Gasteiger partial charge < -0.3 is 4.74 Å². The topological polar surface area (TPSA) is 9.23 Å². The molecule has 1 aliphatic rings. The number of methoxy groups -OCH3 is 1. The van der Waals surface area contributed by atoms with Crippen molar-refractivity contribution in [2.24, 2.45) is 5.92 Å². The molecule has 58 valence electrons. The van der Waals surface area contributed by atoms with Gasteiger partial charge in [-0.15, -0.1) is 0 Å². The minimum Gasteiger partial charge on any atom is -0.381 e. The summed E-state index contributed by atoms with van der Waals surface area (Å²) in [6.07, 6.45) is 0.472. The fraction of sp³-hybridized carbons (Fsp3) is 1.00. The lowest BCUT2D eigenvalue weighted by atomic mass is 9.89. The molecule has 0 bridgehead atoms. The summed E-state index contributed by atoms with van der Waals surface area (Å²) in [5.74, 6) is 0.713. The predicted molar refractivity (Wildman–Crippen MR) is 49.3 cm³/mol. The maximum absolute atomic E-state index is 5.39. The molecule has 1 nitrogen and oxygen atoms in total. The van der Waals surface area contributed by atoms with Crippen LogP contribution in [0.15, 0.2) is 0 Å². The van der Waals surface area contributed by atoms with Crippen LogP contribution in [0, 0.1) is 5.92 Å². The van der Waals surface area contributed by atoms with Crippen molar-refractivity contribution in [1.29, 1.82) is 0 Å². The number of thioether (sulfide) groups is 1. The Morgan fingerprint density at radius 3 is 2.20 bits per heavy atom. The van der Waals surface area contributed by atoms with Crippen molar-refractivity contribution in [3.63, 3.8) is 0 Å². The predicted octanol–water partition coefficient (Wildman–Crippen LogP) is 0.732. The lowest BCUT2D eigenvalue weighted by Crippen LogP contribution is -2.27. The summed E-state index contributed by atoms with van der Waals surface area (Å²) < 4.78 is 5.39. The van der Waals surface area contributed by atoms with Crippen LogP contribution < -0.4 is 0 Å². The van der Waals surface area contributed by atoms with Crippen LogP contribution in [0.2, 0.25) is 0 Å². The van der Waals surface area contributed by atoms with E-state index in [0.717, 1.165) is 5.25 Å². The summed E-state index contributed by atoms with van der Waals surface area (Å²) in [4.78, 5) is 0. The van der Waals surface area contributed by atoms with Gasteiger partial charge in [-0.3, -0.25) is 0 Å². The van der Waals surface area contributed by atoms with Crippen LogP contribution in [0.25, 0.3) is 0 Å². The molecule has 10 heavy (non-hydrogen) atoms. The first-order chi connectivity index (χ1) is 4.66. The normalized spacial score (nSPS) is 47.9. The molecule has 4 unspecified atom stereocenters. The van der Waals surface area contributed by atoms with Crippen LogP contribution in [0.4, 0.5) is 0 Å². The smallest absolute Gasteiger partial charge is 0.121 e. The summed E-state index contributed by atoms with van der Waals surface area (Å²) in [7, 11) is 4.06. The molecule has 0 radical (unpaired) electrons. The van der Waals surface area contributed by atoms with Crippen molar-refractivity contribution >= 4 is 19.6 Å². The average molecular weight is 158 g/mol. The Hall–Kier alpha value is 0.375. The summed E-state index contributed by atoms with van der Waals surface area (Å²) in [5.41, 5.74) is 0. The van der Waals surface area contributed by atoms with Gasteiger partial charge in [0, 0.05) is 17.5 Å². The second kappa shape index (κ2) is 3.18. The first-order valence-electron chi connectivity index (χ1n) is 3.85. The third kappa shape index (κ3) is 1.35. The van der Waals surface area contributed by atoms with Crippen molar-refractivity contribution in [3.8, 4) is 0 Å². The van der Waals surface area contributed by atoms with Crippen molar-refractivity contribution in [2.75, 3.05) is 7.11 Å². The maximum atomic E-state index is 5.39. The molecule has 4 atom stereocenters. The first-order valence-corrected chi connectivity index (χ1v) is 4.79. The van der Waals surface area contributed by atoms with E-state index in [2.05, 4.69) is 21.7 Å². The lowest BCUT2D eigenvalue weighted by molar-refractivity contribution is 0.0788. The van der Waals surface area contributed by atoms with E-state index in [1.54, 1.807) is 0 Å². The Morgan fingerprint density at radius 1 is 1.40 bits per heavy atom. The fourth-order valence-corrected chi connectivity index (χ4v) is 3.23. The summed E-state index contributed by atoms with van der Waals surface area (Å²) in [6, 6.07) is 0. The molecule has 0 aromatic rings. The van der Waals surface area contributed by atoms with Gasteiger partial charge in [0.05, 0.1) is 6.10 Å². The van der Waals surface area contributed by atoms with Gasteiger partial charge >= 0.3 is 0 Å². The molecule has 1 heterocycles. The zero-order valence-electron chi connectivity index (χ0n) is 7.13. The van der Waals surface area contributed by atoms with E-state index in [-0.39, 0.29) is 0 Å². The third-order valence-electron chi connectivity index (χ3n) is 2.42. The van der Waals surface area contributed by atoms with E-state index < -0.39 is 0 Å². The minimum atomic E-state index is 0.472. The third-order valence-corrected chi connectivity index (χ3v) is 3.98. The SMILES string of the molecule is BC1SC(C)C(C)C1OC. The Bertz CT molecular complexity index is 120. The molecule has 0 N–H and O–H groups in total. The van der Waals surface area contributed by atoms with E-state index in [1.807, 2.05) is 18.9 Å². The Balaban J connectivity index is 2.55. The van der Waals surface area contributed by atoms with Crippen LogP contribution in [0.5, 0.6) is 0 Å². The second-order valence-corrected chi connectivity index (χ2v) is 4.87. The van der Waals surface area contributed by atoms with Gasteiger partial charge in [-0.1, -0.05) is 13.8 Å². The molecule has 1 aliphatic heterocycles. The highest BCUT2D eigenvalue weighted by Gasteiger charge is 2.36. The minimum absolute atomic E-state index is 0.472. The van der Waals surface area contributed by atoms with Gasteiger partial charge in [0.2, 0.25) is 0 Å². The maximum Gasteiger partial charge on any atom is 0.121 e. The van der Waals surface area contributed by atoms with Crippen molar-refractivity contribution in [1.82, 2.24) is 0 Å². The largest absolute Gasteiger partial charge is 0.381 e.